The highest BCUT2D eigenvalue weighted by molar-refractivity contribution is 9.10. The highest BCUT2D eigenvalue weighted by atomic mass is 79.9. The highest BCUT2D eigenvalue weighted by Gasteiger charge is 2.17. The van der Waals surface area contributed by atoms with E-state index >= 15 is 0 Å². The Morgan fingerprint density at radius 1 is 0.944 bits per heavy atom. The van der Waals surface area contributed by atoms with Gasteiger partial charge < -0.3 is 0 Å². The van der Waals surface area contributed by atoms with E-state index in [0.717, 1.165) is 25.0 Å². The van der Waals surface area contributed by atoms with Crippen LogP contribution in [0.5, 0.6) is 0 Å². The molecule has 18 heavy (non-hydrogen) atoms. The van der Waals surface area contributed by atoms with E-state index in [-0.39, 0.29) is 5.78 Å². The Morgan fingerprint density at radius 2 is 1.61 bits per heavy atom. The highest BCUT2D eigenvalue weighted by Crippen LogP contribution is 2.36. The zero-order chi connectivity index (χ0) is 12.5. The van der Waals surface area contributed by atoms with Gasteiger partial charge in [0.2, 0.25) is 5.78 Å². The van der Waals surface area contributed by atoms with Gasteiger partial charge in [0.15, 0.2) is 0 Å². The summed E-state index contributed by atoms with van der Waals surface area (Å²) in [6, 6.07) is 17.4. The van der Waals surface area contributed by atoms with Gasteiger partial charge in [0.05, 0.1) is 4.88 Å². The molecule has 3 heteroatoms. The molecule has 1 heterocycles. The molecule has 0 bridgehead atoms. The monoisotopic (exact) mass is 316 g/mol. The summed E-state index contributed by atoms with van der Waals surface area (Å²) >= 11 is 5.07. The van der Waals surface area contributed by atoms with Gasteiger partial charge in [-0.1, -0.05) is 48.5 Å². The van der Waals surface area contributed by atoms with E-state index < -0.39 is 0 Å². The molecule has 0 unspecified atom stereocenters. The summed E-state index contributed by atoms with van der Waals surface area (Å²) < 4.78 is 2.03. The topological polar surface area (TPSA) is 17.1 Å². The average molecular weight is 317 g/mol. The molecule has 0 fully saturated rings. The van der Waals surface area contributed by atoms with Gasteiger partial charge in [-0.3, -0.25) is 4.79 Å². The number of fused-ring (bicyclic) bond motifs is 1. The number of hydrogen-bond acceptors (Lipinski definition) is 2. The summed E-state index contributed by atoms with van der Waals surface area (Å²) in [6.07, 6.45) is 0. The average Bonchev–Trinajstić information content (AvgIpc) is 2.77. The Hall–Kier alpha value is -1.45. The summed E-state index contributed by atoms with van der Waals surface area (Å²) in [5, 5.41) is 1.10. The molecule has 0 aliphatic rings. The Morgan fingerprint density at radius 3 is 2.33 bits per heavy atom. The van der Waals surface area contributed by atoms with E-state index in [1.807, 2.05) is 54.6 Å². The van der Waals surface area contributed by atoms with Gasteiger partial charge in [0.25, 0.3) is 0 Å². The first-order valence-electron chi connectivity index (χ1n) is 5.54. The molecule has 0 radical (unpaired) electrons. The van der Waals surface area contributed by atoms with Crippen molar-refractivity contribution in [3.63, 3.8) is 0 Å². The standard InChI is InChI=1S/C15H9BrOS/c16-13-11-8-4-5-9-12(11)18-15(13)14(17)10-6-2-1-3-7-10/h1-9H. The van der Waals surface area contributed by atoms with Crippen molar-refractivity contribution in [1.29, 1.82) is 0 Å². The predicted octanol–water partition coefficient (Wildman–Crippen LogP) is 4.89. The first-order chi connectivity index (χ1) is 8.77. The van der Waals surface area contributed by atoms with Gasteiger partial charge in [-0.15, -0.1) is 11.3 Å². The Kier molecular flexibility index (Phi) is 3.02. The third-order valence-electron chi connectivity index (χ3n) is 2.78. The fourth-order valence-corrected chi connectivity index (χ4v) is 3.84. The number of benzene rings is 2. The Balaban J connectivity index is 2.15. The molecule has 0 aliphatic carbocycles. The molecule has 0 amide bonds. The van der Waals surface area contributed by atoms with Crippen molar-refractivity contribution in [3.8, 4) is 0 Å². The number of thiophene rings is 1. The molecule has 0 spiro atoms. The second kappa shape index (κ2) is 4.67. The lowest BCUT2D eigenvalue weighted by Crippen LogP contribution is -1.98. The lowest BCUT2D eigenvalue weighted by atomic mass is 10.1. The van der Waals surface area contributed by atoms with Crippen LogP contribution >= 0.6 is 27.3 Å². The molecule has 0 atom stereocenters. The molecule has 2 aromatic carbocycles. The van der Waals surface area contributed by atoms with Crippen LogP contribution in [0, 0.1) is 0 Å². The minimum Gasteiger partial charge on any atom is -0.288 e. The van der Waals surface area contributed by atoms with Crippen molar-refractivity contribution in [1.82, 2.24) is 0 Å². The summed E-state index contributed by atoms with van der Waals surface area (Å²) in [5.74, 6) is 0.0728. The first-order valence-corrected chi connectivity index (χ1v) is 7.15. The van der Waals surface area contributed by atoms with Gasteiger partial charge in [-0.05, 0) is 22.0 Å². The molecule has 1 aromatic heterocycles. The van der Waals surface area contributed by atoms with Gasteiger partial charge in [0.1, 0.15) is 0 Å². The third-order valence-corrected chi connectivity index (χ3v) is 5.03. The fourth-order valence-electron chi connectivity index (χ4n) is 1.88. The molecule has 0 saturated heterocycles. The van der Waals surface area contributed by atoms with Crippen LogP contribution in [-0.2, 0) is 0 Å². The van der Waals surface area contributed by atoms with E-state index in [4.69, 9.17) is 0 Å². The molecular weight excluding hydrogens is 308 g/mol. The van der Waals surface area contributed by atoms with E-state index in [0.29, 0.717) is 0 Å². The first kappa shape index (κ1) is 11.6. The number of carbonyl (C=O) groups is 1. The van der Waals surface area contributed by atoms with Crippen LogP contribution in [0.15, 0.2) is 59.1 Å². The molecule has 3 rings (SSSR count). The van der Waals surface area contributed by atoms with Crippen LogP contribution in [-0.4, -0.2) is 5.78 Å². The molecule has 1 nitrogen and oxygen atoms in total. The van der Waals surface area contributed by atoms with Crippen molar-refractivity contribution in [2.45, 2.75) is 0 Å². The maximum Gasteiger partial charge on any atom is 0.204 e. The van der Waals surface area contributed by atoms with Crippen molar-refractivity contribution in [2.75, 3.05) is 0 Å². The fraction of sp³-hybridized carbons (Fsp3) is 0. The lowest BCUT2D eigenvalue weighted by molar-refractivity contribution is 0.104. The van der Waals surface area contributed by atoms with E-state index in [2.05, 4.69) is 15.9 Å². The summed E-state index contributed by atoms with van der Waals surface area (Å²) in [7, 11) is 0. The van der Waals surface area contributed by atoms with Crippen LogP contribution in [0.3, 0.4) is 0 Å². The van der Waals surface area contributed by atoms with Crippen LogP contribution in [0.4, 0.5) is 0 Å². The molecule has 88 valence electrons. The molecule has 0 N–H and O–H groups in total. The van der Waals surface area contributed by atoms with Gasteiger partial charge in [0, 0.05) is 20.1 Å². The smallest absolute Gasteiger partial charge is 0.204 e. The minimum absolute atomic E-state index is 0.0728. The Labute approximate surface area is 117 Å². The maximum atomic E-state index is 12.4. The van der Waals surface area contributed by atoms with Crippen LogP contribution < -0.4 is 0 Å². The van der Waals surface area contributed by atoms with Crippen LogP contribution in [0.25, 0.3) is 10.1 Å². The summed E-state index contributed by atoms with van der Waals surface area (Å²) in [4.78, 5) is 13.2. The SMILES string of the molecule is O=C(c1ccccc1)c1sc2ccccc2c1Br. The van der Waals surface area contributed by atoms with Crippen molar-refractivity contribution >= 4 is 43.1 Å². The largest absolute Gasteiger partial charge is 0.288 e. The van der Waals surface area contributed by atoms with Crippen LogP contribution in [0.1, 0.15) is 15.2 Å². The minimum atomic E-state index is 0.0728. The number of halogens is 1. The summed E-state index contributed by atoms with van der Waals surface area (Å²) in [6.45, 7) is 0. The quantitative estimate of drug-likeness (QED) is 0.615. The number of carbonyl (C=O) groups excluding carboxylic acids is 1. The van der Waals surface area contributed by atoms with Gasteiger partial charge in [-0.25, -0.2) is 0 Å². The van der Waals surface area contributed by atoms with Gasteiger partial charge in [-0.2, -0.15) is 0 Å². The Bertz CT molecular complexity index is 716. The molecule has 3 aromatic rings. The van der Waals surface area contributed by atoms with Crippen LogP contribution in [0.2, 0.25) is 0 Å². The van der Waals surface area contributed by atoms with Gasteiger partial charge >= 0.3 is 0 Å². The van der Waals surface area contributed by atoms with E-state index in [9.17, 15) is 4.79 Å². The van der Waals surface area contributed by atoms with E-state index in [1.54, 1.807) is 0 Å². The van der Waals surface area contributed by atoms with Crippen molar-refractivity contribution in [2.24, 2.45) is 0 Å². The zero-order valence-corrected chi connectivity index (χ0v) is 11.8. The number of hydrogen-bond donors (Lipinski definition) is 0. The van der Waals surface area contributed by atoms with Crippen molar-refractivity contribution in [3.05, 3.63) is 69.5 Å². The number of ketones is 1. The lowest BCUT2D eigenvalue weighted by Gasteiger charge is -1.98. The summed E-state index contributed by atoms with van der Waals surface area (Å²) in [5.41, 5.74) is 0.727. The zero-order valence-electron chi connectivity index (χ0n) is 9.39. The normalized spacial score (nSPS) is 10.7. The van der Waals surface area contributed by atoms with Crippen molar-refractivity contribution < 1.29 is 4.79 Å². The van der Waals surface area contributed by atoms with E-state index in [1.165, 1.54) is 11.3 Å². The molecule has 0 aliphatic heterocycles. The maximum absolute atomic E-state index is 12.4. The third kappa shape index (κ3) is 1.89. The second-order valence-electron chi connectivity index (χ2n) is 3.94. The second-order valence-corrected chi connectivity index (χ2v) is 5.78. The molecule has 0 saturated carbocycles. The predicted molar refractivity (Wildman–Crippen MR) is 79.4 cm³/mol. The number of rotatable bonds is 2. The molecular formula is C15H9BrOS.